The Morgan fingerprint density at radius 1 is 0.950 bits per heavy atom. The van der Waals surface area contributed by atoms with Gasteiger partial charge in [0.2, 0.25) is 0 Å². The highest BCUT2D eigenvalue weighted by Gasteiger charge is 2.07. The van der Waals surface area contributed by atoms with Crippen LogP contribution in [0.5, 0.6) is 0 Å². The minimum absolute atomic E-state index is 0.319. The molecule has 0 aliphatic rings. The Kier molecular flexibility index (Phi) is 6.03. The van der Waals surface area contributed by atoms with Crippen LogP contribution in [0.3, 0.4) is 0 Å². The summed E-state index contributed by atoms with van der Waals surface area (Å²) in [6, 6.07) is 15.5. The second-order valence-electron chi connectivity index (χ2n) is 5.38. The Bertz CT molecular complexity index is 518. The summed E-state index contributed by atoms with van der Waals surface area (Å²) in [5, 5.41) is 15.0. The van der Waals surface area contributed by atoms with Crippen molar-refractivity contribution in [3.63, 3.8) is 0 Å². The summed E-state index contributed by atoms with van der Waals surface area (Å²) in [6.45, 7) is 3.59. The van der Waals surface area contributed by atoms with Crippen LogP contribution >= 0.6 is 0 Å². The molecular weight excluding hydrogens is 246 g/mol. The van der Waals surface area contributed by atoms with Gasteiger partial charge >= 0.3 is 0 Å². The fourth-order valence-electron chi connectivity index (χ4n) is 2.65. The monoisotopic (exact) mass is 271 g/mol. The first kappa shape index (κ1) is 15.0. The second-order valence-corrected chi connectivity index (χ2v) is 5.38. The van der Waals surface area contributed by atoms with E-state index in [0.717, 1.165) is 19.4 Å². The molecule has 108 valence electrons. The van der Waals surface area contributed by atoms with Crippen LogP contribution in [-0.4, -0.2) is 18.3 Å². The number of hydrogen-bond donors (Lipinski definition) is 2. The second kappa shape index (κ2) is 8.03. The van der Waals surface area contributed by atoms with Crippen molar-refractivity contribution in [2.24, 2.45) is 0 Å². The molecule has 0 spiro atoms. The number of aliphatic hydroxyl groups is 1. The fourth-order valence-corrected chi connectivity index (χ4v) is 2.65. The molecule has 0 saturated heterocycles. The smallest absolute Gasteiger partial charge is 0.0431 e. The SMILES string of the molecule is CC(NCCCCCCO)c1cccc2ccccc12. The fraction of sp³-hybridized carbons (Fsp3) is 0.444. The molecule has 1 unspecified atom stereocenters. The summed E-state index contributed by atoms with van der Waals surface area (Å²) in [7, 11) is 0. The van der Waals surface area contributed by atoms with E-state index in [0.29, 0.717) is 12.6 Å². The maximum Gasteiger partial charge on any atom is 0.0431 e. The number of rotatable bonds is 8. The number of nitrogens with one attached hydrogen (secondary N) is 1. The van der Waals surface area contributed by atoms with E-state index in [4.69, 9.17) is 5.11 Å². The van der Waals surface area contributed by atoms with Gasteiger partial charge in [0, 0.05) is 12.6 Å². The normalized spacial score (nSPS) is 12.7. The predicted octanol–water partition coefficient (Wildman–Crippen LogP) is 4.04. The lowest BCUT2D eigenvalue weighted by Crippen LogP contribution is -2.20. The summed E-state index contributed by atoms with van der Waals surface area (Å²) in [5.41, 5.74) is 1.37. The van der Waals surface area contributed by atoms with Crippen molar-refractivity contribution in [1.29, 1.82) is 0 Å². The number of aliphatic hydroxyl groups excluding tert-OH is 1. The van der Waals surface area contributed by atoms with Crippen LogP contribution in [-0.2, 0) is 0 Å². The van der Waals surface area contributed by atoms with Crippen LogP contribution in [0.2, 0.25) is 0 Å². The maximum absolute atomic E-state index is 8.74. The van der Waals surface area contributed by atoms with E-state index in [1.807, 2.05) is 0 Å². The Labute approximate surface area is 121 Å². The van der Waals surface area contributed by atoms with Crippen molar-refractivity contribution < 1.29 is 5.11 Å². The highest BCUT2D eigenvalue weighted by atomic mass is 16.2. The quantitative estimate of drug-likeness (QED) is 0.710. The largest absolute Gasteiger partial charge is 0.396 e. The minimum atomic E-state index is 0.319. The van der Waals surface area contributed by atoms with Gasteiger partial charge in [-0.1, -0.05) is 55.3 Å². The van der Waals surface area contributed by atoms with Crippen LogP contribution in [0, 0.1) is 0 Å². The third kappa shape index (κ3) is 4.06. The summed E-state index contributed by atoms with van der Waals surface area (Å²) >= 11 is 0. The van der Waals surface area contributed by atoms with Gasteiger partial charge in [-0.15, -0.1) is 0 Å². The lowest BCUT2D eigenvalue weighted by atomic mass is 9.99. The average molecular weight is 271 g/mol. The summed E-state index contributed by atoms with van der Waals surface area (Å²) in [6.07, 6.45) is 4.42. The highest BCUT2D eigenvalue weighted by Crippen LogP contribution is 2.23. The third-order valence-corrected chi connectivity index (χ3v) is 3.83. The first-order chi connectivity index (χ1) is 9.83. The molecule has 2 aromatic carbocycles. The van der Waals surface area contributed by atoms with Crippen molar-refractivity contribution in [2.45, 2.75) is 38.6 Å². The first-order valence-corrected chi connectivity index (χ1v) is 7.65. The molecule has 0 aliphatic carbocycles. The lowest BCUT2D eigenvalue weighted by molar-refractivity contribution is 0.282. The van der Waals surface area contributed by atoms with Gasteiger partial charge in [-0.05, 0) is 42.6 Å². The number of fused-ring (bicyclic) bond motifs is 1. The average Bonchev–Trinajstić information content (AvgIpc) is 2.50. The van der Waals surface area contributed by atoms with Gasteiger partial charge in [-0.3, -0.25) is 0 Å². The molecule has 2 nitrogen and oxygen atoms in total. The van der Waals surface area contributed by atoms with Crippen molar-refractivity contribution in [3.8, 4) is 0 Å². The molecule has 20 heavy (non-hydrogen) atoms. The van der Waals surface area contributed by atoms with Crippen LogP contribution in [0.25, 0.3) is 10.8 Å². The van der Waals surface area contributed by atoms with Crippen LogP contribution in [0.15, 0.2) is 42.5 Å². The zero-order valence-corrected chi connectivity index (χ0v) is 12.3. The molecule has 1 atom stereocenters. The number of benzene rings is 2. The van der Waals surface area contributed by atoms with Gasteiger partial charge in [0.05, 0.1) is 0 Å². The van der Waals surface area contributed by atoms with Gasteiger partial charge in [0.25, 0.3) is 0 Å². The molecule has 0 aromatic heterocycles. The van der Waals surface area contributed by atoms with Gasteiger partial charge in [0.1, 0.15) is 0 Å². The van der Waals surface area contributed by atoms with Gasteiger partial charge in [-0.2, -0.15) is 0 Å². The van der Waals surface area contributed by atoms with E-state index in [2.05, 4.69) is 54.7 Å². The van der Waals surface area contributed by atoms with Crippen LogP contribution in [0.4, 0.5) is 0 Å². The summed E-state index contributed by atoms with van der Waals surface area (Å²) in [4.78, 5) is 0. The molecule has 2 N–H and O–H groups in total. The van der Waals surface area contributed by atoms with Crippen molar-refractivity contribution in [1.82, 2.24) is 5.32 Å². The standard InChI is InChI=1S/C18H25NO/c1-15(19-13-6-2-3-7-14-20)17-12-8-10-16-9-4-5-11-18(16)17/h4-5,8-12,15,19-20H,2-3,6-7,13-14H2,1H3. The van der Waals surface area contributed by atoms with Crippen LogP contribution in [0.1, 0.15) is 44.2 Å². The van der Waals surface area contributed by atoms with E-state index < -0.39 is 0 Å². The van der Waals surface area contributed by atoms with Crippen molar-refractivity contribution in [3.05, 3.63) is 48.0 Å². The minimum Gasteiger partial charge on any atom is -0.396 e. The van der Waals surface area contributed by atoms with E-state index >= 15 is 0 Å². The molecule has 0 fully saturated rings. The Morgan fingerprint density at radius 3 is 2.55 bits per heavy atom. The number of unbranched alkanes of at least 4 members (excludes halogenated alkanes) is 3. The number of hydrogen-bond acceptors (Lipinski definition) is 2. The van der Waals surface area contributed by atoms with E-state index in [1.54, 1.807) is 0 Å². The summed E-state index contributed by atoms with van der Waals surface area (Å²) in [5.74, 6) is 0. The van der Waals surface area contributed by atoms with E-state index in [-0.39, 0.29) is 0 Å². The molecule has 0 radical (unpaired) electrons. The van der Waals surface area contributed by atoms with Crippen LogP contribution < -0.4 is 5.32 Å². The Hall–Kier alpha value is -1.38. The molecule has 2 aromatic rings. The Morgan fingerprint density at radius 2 is 1.70 bits per heavy atom. The molecule has 0 saturated carbocycles. The summed E-state index contributed by atoms with van der Waals surface area (Å²) < 4.78 is 0. The zero-order chi connectivity index (χ0) is 14.2. The third-order valence-electron chi connectivity index (χ3n) is 3.83. The van der Waals surface area contributed by atoms with E-state index in [1.165, 1.54) is 29.2 Å². The van der Waals surface area contributed by atoms with Gasteiger partial charge in [-0.25, -0.2) is 0 Å². The maximum atomic E-state index is 8.74. The Balaban J connectivity index is 1.89. The molecule has 2 heteroatoms. The van der Waals surface area contributed by atoms with Crippen molar-refractivity contribution >= 4 is 10.8 Å². The molecule has 0 heterocycles. The molecule has 2 rings (SSSR count). The molecule has 0 bridgehead atoms. The highest BCUT2D eigenvalue weighted by molar-refractivity contribution is 5.86. The molecular formula is C18H25NO. The van der Waals surface area contributed by atoms with Gasteiger partial charge in [0.15, 0.2) is 0 Å². The predicted molar refractivity (Wildman–Crippen MR) is 85.9 cm³/mol. The topological polar surface area (TPSA) is 32.3 Å². The molecule has 0 amide bonds. The van der Waals surface area contributed by atoms with Crippen molar-refractivity contribution in [2.75, 3.05) is 13.2 Å². The molecule has 0 aliphatic heterocycles. The van der Waals surface area contributed by atoms with E-state index in [9.17, 15) is 0 Å². The lowest BCUT2D eigenvalue weighted by Gasteiger charge is -2.16. The zero-order valence-electron chi connectivity index (χ0n) is 12.3. The van der Waals surface area contributed by atoms with Gasteiger partial charge < -0.3 is 10.4 Å². The first-order valence-electron chi connectivity index (χ1n) is 7.65.